The molecule has 6 heteroatoms. The zero-order valence-electron chi connectivity index (χ0n) is 18.1. The summed E-state index contributed by atoms with van der Waals surface area (Å²) in [4.78, 5) is 28.1. The lowest BCUT2D eigenvalue weighted by molar-refractivity contribution is -0.123. The summed E-state index contributed by atoms with van der Waals surface area (Å²) in [5.74, 6) is 0.600. The van der Waals surface area contributed by atoms with Crippen molar-refractivity contribution in [1.82, 2.24) is 10.2 Å². The van der Waals surface area contributed by atoms with Gasteiger partial charge >= 0.3 is 0 Å². The van der Waals surface area contributed by atoms with Gasteiger partial charge in [0.05, 0.1) is 0 Å². The highest BCUT2D eigenvalue weighted by Crippen LogP contribution is 2.23. The van der Waals surface area contributed by atoms with Crippen LogP contribution in [-0.4, -0.2) is 43.0 Å². The molecule has 0 saturated carbocycles. The molecule has 6 nitrogen and oxygen atoms in total. The summed E-state index contributed by atoms with van der Waals surface area (Å²) in [6.45, 7) is 6.35. The molecule has 1 heterocycles. The van der Waals surface area contributed by atoms with Crippen LogP contribution >= 0.6 is 0 Å². The Labute approximate surface area is 178 Å². The van der Waals surface area contributed by atoms with Crippen molar-refractivity contribution in [3.63, 3.8) is 0 Å². The normalized spacial score (nSPS) is 13.9. The van der Waals surface area contributed by atoms with Crippen LogP contribution in [0.4, 0.5) is 5.69 Å². The summed E-state index contributed by atoms with van der Waals surface area (Å²) < 4.78 is 5.60. The fourth-order valence-corrected chi connectivity index (χ4v) is 3.37. The Kier molecular flexibility index (Phi) is 7.46. The van der Waals surface area contributed by atoms with Crippen LogP contribution in [0.2, 0.25) is 0 Å². The van der Waals surface area contributed by atoms with Crippen LogP contribution in [0, 0.1) is 0 Å². The van der Waals surface area contributed by atoms with Crippen molar-refractivity contribution in [2.75, 3.05) is 25.1 Å². The molecule has 1 aliphatic rings. The number of benzene rings is 2. The van der Waals surface area contributed by atoms with Gasteiger partial charge in [-0.1, -0.05) is 24.3 Å². The SMILES string of the molecule is CC(C)N(C)Cc1ccccc1CNC(=O)COc1ccc(N2CCCC2=O)cc1. The van der Waals surface area contributed by atoms with Crippen LogP contribution in [0.1, 0.15) is 37.8 Å². The summed E-state index contributed by atoms with van der Waals surface area (Å²) >= 11 is 0. The third-order valence-corrected chi connectivity index (χ3v) is 5.49. The highest BCUT2D eigenvalue weighted by atomic mass is 16.5. The van der Waals surface area contributed by atoms with Crippen LogP contribution in [0.3, 0.4) is 0 Å². The first-order valence-electron chi connectivity index (χ1n) is 10.5. The van der Waals surface area contributed by atoms with Gasteiger partial charge in [-0.3, -0.25) is 14.5 Å². The molecule has 160 valence electrons. The smallest absolute Gasteiger partial charge is 0.258 e. The molecular formula is C24H31N3O3. The van der Waals surface area contributed by atoms with E-state index in [0.29, 0.717) is 24.8 Å². The summed E-state index contributed by atoms with van der Waals surface area (Å²) in [6, 6.07) is 15.9. The van der Waals surface area contributed by atoms with Crippen molar-refractivity contribution in [2.45, 2.75) is 45.8 Å². The fourth-order valence-electron chi connectivity index (χ4n) is 3.37. The summed E-state index contributed by atoms with van der Waals surface area (Å²) in [5, 5.41) is 2.94. The van der Waals surface area contributed by atoms with Crippen molar-refractivity contribution in [2.24, 2.45) is 0 Å². The Morgan fingerprint density at radius 3 is 2.47 bits per heavy atom. The predicted octanol–water partition coefficient (Wildman–Crippen LogP) is 3.35. The Morgan fingerprint density at radius 2 is 1.83 bits per heavy atom. The topological polar surface area (TPSA) is 61.9 Å². The highest BCUT2D eigenvalue weighted by molar-refractivity contribution is 5.95. The molecular weight excluding hydrogens is 378 g/mol. The number of rotatable bonds is 9. The second kappa shape index (κ2) is 10.3. The third-order valence-electron chi connectivity index (χ3n) is 5.49. The molecule has 2 aromatic carbocycles. The van der Waals surface area contributed by atoms with Crippen molar-refractivity contribution in [3.05, 3.63) is 59.7 Å². The maximum atomic E-state index is 12.3. The maximum absolute atomic E-state index is 12.3. The van der Waals surface area contributed by atoms with Gasteiger partial charge in [-0.05, 0) is 62.7 Å². The average molecular weight is 410 g/mol. The van der Waals surface area contributed by atoms with Gasteiger partial charge in [-0.2, -0.15) is 0 Å². The minimum absolute atomic E-state index is 0.0456. The second-order valence-electron chi connectivity index (χ2n) is 7.99. The number of carbonyl (C=O) groups excluding carboxylic acids is 2. The van der Waals surface area contributed by atoms with E-state index in [4.69, 9.17) is 4.74 Å². The molecule has 0 unspecified atom stereocenters. The molecule has 0 aliphatic carbocycles. The lowest BCUT2D eigenvalue weighted by atomic mass is 10.1. The fraction of sp³-hybridized carbons (Fsp3) is 0.417. The quantitative estimate of drug-likeness (QED) is 0.690. The van der Waals surface area contributed by atoms with Gasteiger partial charge in [0, 0.05) is 37.8 Å². The summed E-state index contributed by atoms with van der Waals surface area (Å²) in [7, 11) is 2.10. The van der Waals surface area contributed by atoms with Crippen LogP contribution in [0.5, 0.6) is 5.75 Å². The first-order valence-corrected chi connectivity index (χ1v) is 10.5. The molecule has 0 atom stereocenters. The number of hydrogen-bond acceptors (Lipinski definition) is 4. The molecule has 0 bridgehead atoms. The van der Waals surface area contributed by atoms with Gasteiger partial charge < -0.3 is 15.0 Å². The van der Waals surface area contributed by atoms with E-state index in [1.54, 1.807) is 17.0 Å². The molecule has 0 radical (unpaired) electrons. The molecule has 1 aliphatic heterocycles. The number of nitrogens with zero attached hydrogens (tertiary/aromatic N) is 2. The first-order chi connectivity index (χ1) is 14.4. The molecule has 1 saturated heterocycles. The number of amides is 2. The maximum Gasteiger partial charge on any atom is 0.258 e. The first kappa shape index (κ1) is 21.8. The standard InChI is InChI=1S/C24H31N3O3/c1-18(2)26(3)16-20-8-5-4-7-19(20)15-25-23(28)17-30-22-12-10-21(11-13-22)27-14-6-9-24(27)29/h4-5,7-8,10-13,18H,6,9,14-17H2,1-3H3,(H,25,28). The highest BCUT2D eigenvalue weighted by Gasteiger charge is 2.21. The summed E-state index contributed by atoms with van der Waals surface area (Å²) in [5.41, 5.74) is 3.19. The van der Waals surface area contributed by atoms with E-state index in [1.165, 1.54) is 5.56 Å². The lowest BCUT2D eigenvalue weighted by Gasteiger charge is -2.22. The van der Waals surface area contributed by atoms with E-state index in [1.807, 2.05) is 30.3 Å². The Balaban J connectivity index is 1.48. The molecule has 2 amide bonds. The van der Waals surface area contributed by atoms with Crippen molar-refractivity contribution < 1.29 is 14.3 Å². The number of anilines is 1. The zero-order chi connectivity index (χ0) is 21.5. The van der Waals surface area contributed by atoms with Crippen LogP contribution < -0.4 is 15.0 Å². The Hall–Kier alpha value is -2.86. The van der Waals surface area contributed by atoms with Gasteiger partial charge in [0.1, 0.15) is 5.75 Å². The minimum Gasteiger partial charge on any atom is -0.484 e. The van der Waals surface area contributed by atoms with Gasteiger partial charge in [0.25, 0.3) is 5.91 Å². The zero-order valence-corrected chi connectivity index (χ0v) is 18.1. The second-order valence-corrected chi connectivity index (χ2v) is 7.99. The van der Waals surface area contributed by atoms with Crippen molar-refractivity contribution >= 4 is 17.5 Å². The molecule has 1 fully saturated rings. The molecule has 0 spiro atoms. The van der Waals surface area contributed by atoms with E-state index in [-0.39, 0.29) is 18.4 Å². The minimum atomic E-state index is -0.166. The monoisotopic (exact) mass is 409 g/mol. The number of nitrogens with one attached hydrogen (secondary N) is 1. The Bertz CT molecular complexity index is 864. The predicted molar refractivity (Wildman–Crippen MR) is 118 cm³/mol. The van der Waals surface area contributed by atoms with E-state index in [2.05, 4.69) is 37.2 Å². The number of ether oxygens (including phenoxy) is 1. The Morgan fingerprint density at radius 1 is 1.13 bits per heavy atom. The van der Waals surface area contributed by atoms with Gasteiger partial charge in [0.2, 0.25) is 5.91 Å². The number of hydrogen-bond donors (Lipinski definition) is 1. The van der Waals surface area contributed by atoms with Crippen LogP contribution in [0.25, 0.3) is 0 Å². The molecule has 1 N–H and O–H groups in total. The number of carbonyl (C=O) groups is 2. The molecule has 0 aromatic heterocycles. The summed E-state index contributed by atoms with van der Waals surface area (Å²) in [6.07, 6.45) is 1.50. The van der Waals surface area contributed by atoms with E-state index in [0.717, 1.165) is 30.8 Å². The molecule has 2 aromatic rings. The van der Waals surface area contributed by atoms with E-state index < -0.39 is 0 Å². The van der Waals surface area contributed by atoms with Gasteiger partial charge in [-0.25, -0.2) is 0 Å². The average Bonchev–Trinajstić information content (AvgIpc) is 3.17. The van der Waals surface area contributed by atoms with Gasteiger partial charge in [0.15, 0.2) is 6.61 Å². The van der Waals surface area contributed by atoms with Crippen molar-refractivity contribution in [3.8, 4) is 5.75 Å². The van der Waals surface area contributed by atoms with Crippen LogP contribution in [-0.2, 0) is 22.7 Å². The largest absolute Gasteiger partial charge is 0.484 e. The lowest BCUT2D eigenvalue weighted by Crippen LogP contribution is -2.30. The van der Waals surface area contributed by atoms with E-state index in [9.17, 15) is 9.59 Å². The molecule has 3 rings (SSSR count). The molecule has 30 heavy (non-hydrogen) atoms. The van der Waals surface area contributed by atoms with Crippen LogP contribution in [0.15, 0.2) is 48.5 Å². The van der Waals surface area contributed by atoms with Crippen molar-refractivity contribution in [1.29, 1.82) is 0 Å². The van der Waals surface area contributed by atoms with Gasteiger partial charge in [-0.15, -0.1) is 0 Å². The third kappa shape index (κ3) is 5.83. The van der Waals surface area contributed by atoms with E-state index >= 15 is 0 Å².